The number of hydrogen-bond donors (Lipinski definition) is 0. The van der Waals surface area contributed by atoms with E-state index in [9.17, 15) is 9.59 Å². The van der Waals surface area contributed by atoms with Crippen molar-refractivity contribution in [3.63, 3.8) is 0 Å². The van der Waals surface area contributed by atoms with E-state index >= 15 is 4.39 Å². The number of amides is 2. The number of ether oxygens (including phenoxy) is 2. The molecule has 0 unspecified atom stereocenters. The highest BCUT2D eigenvalue weighted by molar-refractivity contribution is 5.96. The molecule has 4 atom stereocenters. The zero-order valence-corrected chi connectivity index (χ0v) is 25.2. The number of unbranched alkanes of at least 4 members (excludes halogenated alkanes) is 1. The van der Waals surface area contributed by atoms with E-state index < -0.39 is 11.3 Å². The van der Waals surface area contributed by atoms with Gasteiger partial charge in [-0.2, -0.15) is 0 Å². The van der Waals surface area contributed by atoms with Gasteiger partial charge in [0.2, 0.25) is 0 Å². The molecule has 1 saturated carbocycles. The first-order valence-electron chi connectivity index (χ1n) is 15.7. The number of halogens is 1. The number of alkyl halides is 1. The first-order valence-corrected chi connectivity index (χ1v) is 15.7. The van der Waals surface area contributed by atoms with Crippen LogP contribution in [-0.2, 0) is 9.47 Å². The van der Waals surface area contributed by atoms with Crippen molar-refractivity contribution >= 4 is 12.0 Å². The molecular formula is C31H46FN5O4. The van der Waals surface area contributed by atoms with E-state index in [4.69, 9.17) is 9.47 Å². The lowest BCUT2D eigenvalue weighted by Crippen LogP contribution is -2.64. The van der Waals surface area contributed by atoms with Gasteiger partial charge in [0.1, 0.15) is 17.6 Å². The first-order chi connectivity index (χ1) is 19.6. The first kappa shape index (κ1) is 28.8. The van der Waals surface area contributed by atoms with Crippen LogP contribution in [0.15, 0.2) is 6.33 Å². The summed E-state index contributed by atoms with van der Waals surface area (Å²) in [5, 5.41) is 0. The lowest BCUT2D eigenvalue weighted by molar-refractivity contribution is -0.136. The Labute approximate surface area is 243 Å². The van der Waals surface area contributed by atoms with Crippen molar-refractivity contribution < 1.29 is 23.5 Å². The van der Waals surface area contributed by atoms with Gasteiger partial charge in [-0.3, -0.25) is 9.69 Å². The van der Waals surface area contributed by atoms with Crippen LogP contribution in [0.5, 0.6) is 0 Å². The molecule has 1 aliphatic carbocycles. The highest BCUT2D eigenvalue weighted by Gasteiger charge is 2.70. The van der Waals surface area contributed by atoms with Gasteiger partial charge in [0.25, 0.3) is 5.91 Å². The summed E-state index contributed by atoms with van der Waals surface area (Å²) in [6.45, 7) is 13.0. The molecule has 1 aromatic rings. The van der Waals surface area contributed by atoms with Crippen LogP contribution in [0.3, 0.4) is 0 Å². The van der Waals surface area contributed by atoms with Crippen molar-refractivity contribution in [3.8, 4) is 0 Å². The van der Waals surface area contributed by atoms with Gasteiger partial charge in [0, 0.05) is 68.9 Å². The molecule has 4 aliphatic heterocycles. The fraction of sp³-hybridized carbons (Fsp3) is 0.806. The maximum absolute atomic E-state index is 15.5. The van der Waals surface area contributed by atoms with Crippen molar-refractivity contribution in [1.29, 1.82) is 0 Å². The number of nitrogens with zero attached hydrogens (tertiary/aromatic N) is 5. The summed E-state index contributed by atoms with van der Waals surface area (Å²) in [4.78, 5) is 41.2. The van der Waals surface area contributed by atoms with Gasteiger partial charge in [0.15, 0.2) is 0 Å². The third-order valence-corrected chi connectivity index (χ3v) is 11.2. The highest BCUT2D eigenvalue weighted by atomic mass is 19.1. The minimum absolute atomic E-state index is 0.00820. The smallest absolute Gasteiger partial charge is 0.410 e. The van der Waals surface area contributed by atoms with Gasteiger partial charge in [-0.05, 0) is 40.0 Å². The van der Waals surface area contributed by atoms with E-state index in [0.29, 0.717) is 38.4 Å². The molecule has 1 spiro atoms. The number of carbonyl (C=O) groups excluding carboxylic acids is 2. The van der Waals surface area contributed by atoms with Crippen molar-refractivity contribution in [2.45, 2.75) is 89.4 Å². The van der Waals surface area contributed by atoms with Crippen molar-refractivity contribution in [1.82, 2.24) is 24.7 Å². The molecule has 9 nitrogen and oxygen atoms in total. The summed E-state index contributed by atoms with van der Waals surface area (Å²) in [6, 6.07) is 0. The highest BCUT2D eigenvalue weighted by Crippen LogP contribution is 2.58. The minimum atomic E-state index is -1.31. The molecule has 6 rings (SSSR count). The number of aromatic nitrogens is 2. The van der Waals surface area contributed by atoms with Crippen LogP contribution in [0.1, 0.15) is 80.5 Å². The lowest BCUT2D eigenvalue weighted by Gasteiger charge is -2.55. The fourth-order valence-electron chi connectivity index (χ4n) is 8.19. The van der Waals surface area contributed by atoms with Crippen LogP contribution >= 0.6 is 0 Å². The van der Waals surface area contributed by atoms with Crippen molar-refractivity contribution in [2.75, 3.05) is 52.5 Å². The van der Waals surface area contributed by atoms with E-state index in [-0.39, 0.29) is 41.8 Å². The predicted molar refractivity (Wildman–Crippen MR) is 151 cm³/mol. The standard InChI is InChI=1S/C31H46FN5O4/c1-5-6-7-23-16-36(19-31(32)24-17-40-18-25(24)31)28(39)41-30(23)10-14-37(15-11-30)29(4)8-12-35(13-9-29)27(38)26-21(2)33-20-34-22(26)3/h20,23-25H,5-19H2,1-4H3/t23-,24-,25+,31+/m0/s1. The molecule has 5 aliphatic rings. The predicted octanol–water partition coefficient (Wildman–Crippen LogP) is 4.17. The zero-order valence-electron chi connectivity index (χ0n) is 25.2. The maximum atomic E-state index is 15.5. The number of fused-ring (bicyclic) bond motifs is 1. The van der Waals surface area contributed by atoms with Gasteiger partial charge in [-0.15, -0.1) is 0 Å². The van der Waals surface area contributed by atoms with Crippen LogP contribution in [0.2, 0.25) is 0 Å². The van der Waals surface area contributed by atoms with Crippen LogP contribution in [0.25, 0.3) is 0 Å². The topological polar surface area (TPSA) is 88.1 Å². The molecule has 5 fully saturated rings. The number of likely N-dealkylation sites (tertiary alicyclic amines) is 2. The Morgan fingerprint density at radius 1 is 1.05 bits per heavy atom. The summed E-state index contributed by atoms with van der Waals surface area (Å²) in [7, 11) is 0. The Balaban J connectivity index is 1.08. The molecule has 0 radical (unpaired) electrons. The summed E-state index contributed by atoms with van der Waals surface area (Å²) < 4.78 is 27.2. The Bertz CT molecular complexity index is 1130. The molecule has 41 heavy (non-hydrogen) atoms. The van der Waals surface area contributed by atoms with Gasteiger partial charge < -0.3 is 19.3 Å². The Hall–Kier alpha value is -2.33. The van der Waals surface area contributed by atoms with Crippen LogP contribution in [0, 0.1) is 31.6 Å². The zero-order chi connectivity index (χ0) is 29.0. The van der Waals surface area contributed by atoms with Gasteiger partial charge >= 0.3 is 6.09 Å². The van der Waals surface area contributed by atoms with Crippen LogP contribution in [0.4, 0.5) is 9.18 Å². The number of rotatable bonds is 7. The van der Waals surface area contributed by atoms with E-state index in [0.717, 1.165) is 69.4 Å². The number of aryl methyl sites for hydroxylation is 2. The van der Waals surface area contributed by atoms with E-state index in [1.54, 1.807) is 4.90 Å². The van der Waals surface area contributed by atoms with E-state index in [1.807, 2.05) is 18.7 Å². The van der Waals surface area contributed by atoms with E-state index in [1.165, 1.54) is 6.33 Å². The Morgan fingerprint density at radius 3 is 2.29 bits per heavy atom. The summed E-state index contributed by atoms with van der Waals surface area (Å²) in [6.07, 6.45) is 7.73. The SMILES string of the molecule is CCCC[C@H]1CN(C[C@]2(F)[C@@H]3COC[C@@H]32)C(=O)OC12CCN(C1(C)CCN(C(=O)c3c(C)ncnc3C)CC1)CC2. The molecule has 0 aromatic carbocycles. The Morgan fingerprint density at radius 2 is 1.68 bits per heavy atom. The second-order valence-corrected chi connectivity index (χ2v) is 13.5. The third kappa shape index (κ3) is 5.02. The second kappa shape index (κ2) is 10.7. The third-order valence-electron chi connectivity index (χ3n) is 11.2. The fourth-order valence-corrected chi connectivity index (χ4v) is 8.19. The summed E-state index contributed by atoms with van der Waals surface area (Å²) in [5.74, 6) is 0.0998. The minimum Gasteiger partial charge on any atom is -0.442 e. The normalized spacial score (nSPS) is 32.6. The summed E-state index contributed by atoms with van der Waals surface area (Å²) in [5.41, 5.74) is 0.291. The van der Waals surface area contributed by atoms with Gasteiger partial charge in [0.05, 0.1) is 36.7 Å². The largest absolute Gasteiger partial charge is 0.442 e. The maximum Gasteiger partial charge on any atom is 0.410 e. The Kier molecular flexibility index (Phi) is 7.54. The molecular weight excluding hydrogens is 525 g/mol. The molecule has 4 saturated heterocycles. The van der Waals surface area contributed by atoms with Crippen molar-refractivity contribution in [3.05, 3.63) is 23.3 Å². The summed E-state index contributed by atoms with van der Waals surface area (Å²) >= 11 is 0. The molecule has 0 N–H and O–H groups in total. The quantitative estimate of drug-likeness (QED) is 0.486. The monoisotopic (exact) mass is 571 g/mol. The molecule has 226 valence electrons. The van der Waals surface area contributed by atoms with Gasteiger partial charge in [-0.1, -0.05) is 19.8 Å². The average molecular weight is 572 g/mol. The molecule has 5 heterocycles. The van der Waals surface area contributed by atoms with Gasteiger partial charge in [-0.25, -0.2) is 19.2 Å². The lowest BCUT2D eigenvalue weighted by atomic mass is 9.74. The van der Waals surface area contributed by atoms with Crippen molar-refractivity contribution in [2.24, 2.45) is 17.8 Å². The molecule has 10 heteroatoms. The number of piperidine rings is 2. The second-order valence-electron chi connectivity index (χ2n) is 13.5. The van der Waals surface area contributed by atoms with E-state index in [2.05, 4.69) is 28.7 Å². The molecule has 0 bridgehead atoms. The number of hydrogen-bond acceptors (Lipinski definition) is 7. The molecule has 2 amide bonds. The van der Waals surface area contributed by atoms with Crippen LogP contribution in [-0.4, -0.2) is 106 Å². The average Bonchev–Trinajstić information content (AvgIpc) is 3.26. The molecule has 1 aromatic heterocycles. The number of carbonyl (C=O) groups is 2. The van der Waals surface area contributed by atoms with Crippen LogP contribution < -0.4 is 0 Å².